The fourth-order valence-electron chi connectivity index (χ4n) is 2.64. The van der Waals surface area contributed by atoms with Gasteiger partial charge < -0.3 is 30.5 Å². The highest BCUT2D eigenvalue weighted by Gasteiger charge is 2.33. The molecule has 4 N–H and O–H groups in total. The Hall–Kier alpha value is -2.81. The molecule has 0 radical (unpaired) electrons. The fraction of sp³-hybridized carbons (Fsp3) is 0.421. The second kappa shape index (κ2) is 8.92. The van der Waals surface area contributed by atoms with Gasteiger partial charge in [0.05, 0.1) is 24.8 Å². The van der Waals surface area contributed by atoms with E-state index in [2.05, 4.69) is 16.0 Å². The van der Waals surface area contributed by atoms with Crippen molar-refractivity contribution in [2.24, 2.45) is 0 Å². The van der Waals surface area contributed by atoms with Crippen LogP contribution in [0, 0.1) is 0 Å². The first kappa shape index (κ1) is 21.5. The molecule has 1 aromatic rings. The summed E-state index contributed by atoms with van der Waals surface area (Å²) in [5.41, 5.74) is 0.629. The highest BCUT2D eigenvalue weighted by Crippen LogP contribution is 2.29. The number of esters is 1. The van der Waals surface area contributed by atoms with E-state index in [9.17, 15) is 14.7 Å². The topological polar surface area (TPSA) is 109 Å². The lowest BCUT2D eigenvalue weighted by atomic mass is 9.95. The third-order valence-corrected chi connectivity index (χ3v) is 3.88. The van der Waals surface area contributed by atoms with Gasteiger partial charge in [0.15, 0.2) is 5.11 Å². The van der Waals surface area contributed by atoms with Gasteiger partial charge in [-0.1, -0.05) is 12.1 Å². The molecule has 0 spiro atoms. The van der Waals surface area contributed by atoms with Crippen molar-refractivity contribution in [2.75, 3.05) is 13.2 Å². The summed E-state index contributed by atoms with van der Waals surface area (Å²) in [5.74, 6) is -0.500. The van der Waals surface area contributed by atoms with E-state index < -0.39 is 23.7 Å². The minimum Gasteiger partial charge on any atom is -0.508 e. The highest BCUT2D eigenvalue weighted by atomic mass is 32.1. The Bertz CT molecular complexity index is 801. The standard InChI is InChI=1S/C19H25N3O5S/c1-5-26-16(24)14-13(10-20-18(25)27-19(2,3)4)21-17(28)22-15(14)11-7-6-8-12(23)9-11/h6-9,15,23H,5,10H2,1-4H3,(H,20,25)(H2,21,22,28). The lowest BCUT2D eigenvalue weighted by molar-refractivity contribution is -0.139. The van der Waals surface area contributed by atoms with E-state index in [1.54, 1.807) is 39.8 Å². The van der Waals surface area contributed by atoms with Gasteiger partial charge in [0.2, 0.25) is 0 Å². The molecule has 0 saturated carbocycles. The van der Waals surface area contributed by atoms with Gasteiger partial charge in [-0.25, -0.2) is 9.59 Å². The number of thiocarbonyl (C=S) groups is 1. The summed E-state index contributed by atoms with van der Waals surface area (Å²) in [6, 6.07) is 5.84. The first-order valence-electron chi connectivity index (χ1n) is 8.84. The second-order valence-electron chi connectivity index (χ2n) is 7.09. The first-order valence-corrected chi connectivity index (χ1v) is 9.25. The first-order chi connectivity index (χ1) is 13.1. The maximum atomic E-state index is 12.6. The number of aromatic hydroxyl groups is 1. The third kappa shape index (κ3) is 5.85. The number of phenols is 1. The Morgan fingerprint density at radius 1 is 1.32 bits per heavy atom. The van der Waals surface area contributed by atoms with Crippen molar-refractivity contribution in [2.45, 2.75) is 39.3 Å². The lowest BCUT2D eigenvalue weighted by Gasteiger charge is -2.31. The molecule has 1 aliphatic rings. The second-order valence-corrected chi connectivity index (χ2v) is 7.50. The number of hydrogen-bond donors (Lipinski definition) is 4. The Kier molecular flexibility index (Phi) is 6.85. The molecule has 1 unspecified atom stereocenters. The van der Waals surface area contributed by atoms with Crippen LogP contribution in [0.3, 0.4) is 0 Å². The van der Waals surface area contributed by atoms with Crippen LogP contribution in [-0.2, 0) is 14.3 Å². The normalized spacial score (nSPS) is 16.7. The van der Waals surface area contributed by atoms with Crippen LogP contribution in [0.1, 0.15) is 39.3 Å². The molecule has 1 amide bonds. The molecule has 0 saturated heterocycles. The van der Waals surface area contributed by atoms with E-state index in [4.69, 9.17) is 21.7 Å². The number of amides is 1. The van der Waals surface area contributed by atoms with Crippen LogP contribution in [0.5, 0.6) is 5.75 Å². The van der Waals surface area contributed by atoms with Gasteiger partial charge in [-0.2, -0.15) is 0 Å². The number of alkyl carbamates (subject to hydrolysis) is 1. The molecular weight excluding hydrogens is 382 g/mol. The smallest absolute Gasteiger partial charge is 0.407 e. The Balaban J connectivity index is 2.36. The van der Waals surface area contributed by atoms with Gasteiger partial charge in [-0.05, 0) is 57.6 Å². The van der Waals surface area contributed by atoms with Gasteiger partial charge in [0, 0.05) is 5.70 Å². The molecule has 1 heterocycles. The minimum absolute atomic E-state index is 0.0137. The Labute approximate surface area is 169 Å². The average molecular weight is 407 g/mol. The van der Waals surface area contributed by atoms with Crippen molar-refractivity contribution in [3.63, 3.8) is 0 Å². The molecule has 1 atom stereocenters. The van der Waals surface area contributed by atoms with Crippen LogP contribution in [0.4, 0.5) is 4.79 Å². The predicted octanol–water partition coefficient (Wildman–Crippen LogP) is 2.25. The van der Waals surface area contributed by atoms with Gasteiger partial charge in [0.1, 0.15) is 11.4 Å². The van der Waals surface area contributed by atoms with Crippen LogP contribution in [-0.4, -0.2) is 41.0 Å². The number of carbonyl (C=O) groups is 2. The van der Waals surface area contributed by atoms with Gasteiger partial charge >= 0.3 is 12.1 Å². The van der Waals surface area contributed by atoms with Crippen molar-refractivity contribution in [1.82, 2.24) is 16.0 Å². The van der Waals surface area contributed by atoms with E-state index in [1.807, 2.05) is 0 Å². The van der Waals surface area contributed by atoms with Gasteiger partial charge in [0.25, 0.3) is 0 Å². The van der Waals surface area contributed by atoms with Gasteiger partial charge in [-0.3, -0.25) is 0 Å². The Morgan fingerprint density at radius 3 is 2.64 bits per heavy atom. The van der Waals surface area contributed by atoms with Crippen molar-refractivity contribution in [3.8, 4) is 5.75 Å². The van der Waals surface area contributed by atoms with Crippen LogP contribution >= 0.6 is 12.2 Å². The van der Waals surface area contributed by atoms with E-state index in [1.165, 1.54) is 12.1 Å². The number of benzene rings is 1. The van der Waals surface area contributed by atoms with E-state index in [0.717, 1.165) is 0 Å². The molecule has 2 rings (SSSR count). The van der Waals surface area contributed by atoms with E-state index in [0.29, 0.717) is 11.3 Å². The Morgan fingerprint density at radius 2 is 2.04 bits per heavy atom. The van der Waals surface area contributed by atoms with E-state index >= 15 is 0 Å². The lowest BCUT2D eigenvalue weighted by Crippen LogP contribution is -2.48. The maximum absolute atomic E-state index is 12.6. The molecule has 8 nitrogen and oxygen atoms in total. The summed E-state index contributed by atoms with van der Waals surface area (Å²) < 4.78 is 10.4. The molecule has 28 heavy (non-hydrogen) atoms. The minimum atomic E-state index is -0.649. The molecule has 0 fully saturated rings. The van der Waals surface area contributed by atoms with Crippen molar-refractivity contribution < 1.29 is 24.2 Å². The molecular formula is C19H25N3O5S. The molecule has 0 aliphatic carbocycles. The quantitative estimate of drug-likeness (QED) is 0.435. The van der Waals surface area contributed by atoms with Crippen LogP contribution in [0.2, 0.25) is 0 Å². The van der Waals surface area contributed by atoms with Crippen molar-refractivity contribution in [1.29, 1.82) is 0 Å². The summed E-state index contributed by atoms with van der Waals surface area (Å²) in [7, 11) is 0. The molecule has 9 heteroatoms. The summed E-state index contributed by atoms with van der Waals surface area (Å²) in [5, 5.41) is 18.6. The number of rotatable bonds is 5. The zero-order valence-electron chi connectivity index (χ0n) is 16.3. The summed E-state index contributed by atoms with van der Waals surface area (Å²) >= 11 is 5.25. The van der Waals surface area contributed by atoms with Crippen molar-refractivity contribution >= 4 is 29.4 Å². The van der Waals surface area contributed by atoms with Crippen LogP contribution in [0.15, 0.2) is 35.5 Å². The average Bonchev–Trinajstić information content (AvgIpc) is 2.58. The van der Waals surface area contributed by atoms with Crippen LogP contribution in [0.25, 0.3) is 0 Å². The largest absolute Gasteiger partial charge is 0.508 e. The number of phenolic OH excluding ortho intramolecular Hbond substituents is 1. The number of carbonyl (C=O) groups excluding carboxylic acids is 2. The van der Waals surface area contributed by atoms with E-state index in [-0.39, 0.29) is 29.6 Å². The number of nitrogens with one attached hydrogen (secondary N) is 3. The molecule has 1 aliphatic heterocycles. The van der Waals surface area contributed by atoms with Crippen LogP contribution < -0.4 is 16.0 Å². The summed E-state index contributed by atoms with van der Waals surface area (Å²) in [6.45, 7) is 7.14. The number of ether oxygens (including phenoxy) is 2. The maximum Gasteiger partial charge on any atom is 0.407 e. The highest BCUT2D eigenvalue weighted by molar-refractivity contribution is 7.80. The van der Waals surface area contributed by atoms with Gasteiger partial charge in [-0.15, -0.1) is 0 Å². The summed E-state index contributed by atoms with van der Waals surface area (Å²) in [4.78, 5) is 24.6. The zero-order valence-corrected chi connectivity index (χ0v) is 17.1. The zero-order chi connectivity index (χ0) is 20.9. The predicted molar refractivity (Wildman–Crippen MR) is 108 cm³/mol. The fourth-order valence-corrected chi connectivity index (χ4v) is 2.88. The number of hydrogen-bond acceptors (Lipinski definition) is 6. The SMILES string of the molecule is CCOC(=O)C1=C(CNC(=O)OC(C)(C)C)NC(=S)NC1c1cccc(O)c1. The molecule has 152 valence electrons. The molecule has 0 bridgehead atoms. The van der Waals surface area contributed by atoms with Crippen molar-refractivity contribution in [3.05, 3.63) is 41.1 Å². The third-order valence-electron chi connectivity index (χ3n) is 3.66. The molecule has 0 aromatic heterocycles. The molecule has 1 aromatic carbocycles. The summed E-state index contributed by atoms with van der Waals surface area (Å²) in [6.07, 6.45) is -0.622. The monoisotopic (exact) mass is 407 g/mol.